The number of esters is 2. The van der Waals surface area contributed by atoms with Crippen molar-refractivity contribution >= 4 is 11.9 Å². The molecule has 0 N–H and O–H groups in total. The van der Waals surface area contributed by atoms with E-state index in [2.05, 4.69) is 19.6 Å². The van der Waals surface area contributed by atoms with Crippen LogP contribution in [0.2, 0.25) is 0 Å². The zero-order valence-electron chi connectivity index (χ0n) is 14.3. The Morgan fingerprint density at radius 2 is 1.83 bits per heavy atom. The standard InChI is InChI=1S/C20H24O4/c1-12-5-4-6-15-11-16(23-20(15)22)9-13(2)10-18-17(8-7-12)14(3)19(21)24-18/h5,10-11,16-18H,3-4,6-9H2,1-2H3/b12-5-,13-10-/t16-,17+,18-/m1/s1. The summed E-state index contributed by atoms with van der Waals surface area (Å²) in [6, 6.07) is 0. The van der Waals surface area contributed by atoms with Crippen LogP contribution in [0.5, 0.6) is 0 Å². The van der Waals surface area contributed by atoms with Crippen molar-refractivity contribution in [3.8, 4) is 0 Å². The van der Waals surface area contributed by atoms with Gasteiger partial charge in [0.1, 0.15) is 12.2 Å². The average Bonchev–Trinajstić information content (AvgIpc) is 2.97. The van der Waals surface area contributed by atoms with E-state index in [-0.39, 0.29) is 30.1 Å². The van der Waals surface area contributed by atoms with Gasteiger partial charge in [-0.25, -0.2) is 9.59 Å². The van der Waals surface area contributed by atoms with Crippen LogP contribution in [0.1, 0.15) is 46.0 Å². The second kappa shape index (κ2) is 6.80. The molecule has 2 bridgehead atoms. The summed E-state index contributed by atoms with van der Waals surface area (Å²) in [6.45, 7) is 8.00. The normalized spacial score (nSPS) is 35.7. The first-order chi connectivity index (χ1) is 11.4. The Morgan fingerprint density at radius 1 is 1.04 bits per heavy atom. The number of ether oxygens (including phenoxy) is 2. The van der Waals surface area contributed by atoms with Gasteiger partial charge in [0.05, 0.1) is 0 Å². The molecule has 0 amide bonds. The lowest BCUT2D eigenvalue weighted by Gasteiger charge is -2.16. The Kier molecular flexibility index (Phi) is 4.74. The van der Waals surface area contributed by atoms with Gasteiger partial charge in [-0.3, -0.25) is 0 Å². The summed E-state index contributed by atoms with van der Waals surface area (Å²) in [5, 5.41) is 0. The summed E-state index contributed by atoms with van der Waals surface area (Å²) >= 11 is 0. The number of hydrogen-bond donors (Lipinski definition) is 0. The molecule has 4 nitrogen and oxygen atoms in total. The zero-order chi connectivity index (χ0) is 17.3. The van der Waals surface area contributed by atoms with Crippen LogP contribution in [0.25, 0.3) is 0 Å². The SMILES string of the molecule is C=C1C(=O)O[C@@H]2/C=C(/C)C[C@@H]3C=C(CC/C=C(/C)CC[C@@H]12)C(=O)O3. The first-order valence-corrected chi connectivity index (χ1v) is 8.58. The predicted molar refractivity (Wildman–Crippen MR) is 91.1 cm³/mol. The molecule has 1 aliphatic carbocycles. The van der Waals surface area contributed by atoms with Crippen molar-refractivity contribution in [2.45, 2.75) is 58.2 Å². The third-order valence-electron chi connectivity index (χ3n) is 4.99. The minimum absolute atomic E-state index is 0.0240. The summed E-state index contributed by atoms with van der Waals surface area (Å²) in [7, 11) is 0. The maximum atomic E-state index is 11.9. The van der Waals surface area contributed by atoms with Crippen LogP contribution < -0.4 is 0 Å². The van der Waals surface area contributed by atoms with Crippen LogP contribution in [0.3, 0.4) is 0 Å². The van der Waals surface area contributed by atoms with Gasteiger partial charge in [-0.1, -0.05) is 23.8 Å². The van der Waals surface area contributed by atoms with Gasteiger partial charge in [-0.05, 0) is 51.7 Å². The number of allylic oxidation sites excluding steroid dienone is 2. The molecule has 4 heteroatoms. The van der Waals surface area contributed by atoms with Crippen LogP contribution in [-0.2, 0) is 19.1 Å². The molecule has 2 heterocycles. The largest absolute Gasteiger partial charge is 0.454 e. The molecular formula is C20H24O4. The molecule has 0 spiro atoms. The summed E-state index contributed by atoms with van der Waals surface area (Å²) in [5.41, 5.74) is 3.67. The lowest BCUT2D eigenvalue weighted by molar-refractivity contribution is -0.139. The van der Waals surface area contributed by atoms with Gasteiger partial charge in [-0.15, -0.1) is 0 Å². The molecule has 128 valence electrons. The Hall–Kier alpha value is -2.10. The fraction of sp³-hybridized carbons (Fsp3) is 0.500. The van der Waals surface area contributed by atoms with Gasteiger partial charge in [0.15, 0.2) is 0 Å². The van der Waals surface area contributed by atoms with Crippen LogP contribution in [0.15, 0.2) is 47.1 Å². The van der Waals surface area contributed by atoms with Gasteiger partial charge in [0, 0.05) is 23.5 Å². The Bertz CT molecular complexity index is 665. The highest BCUT2D eigenvalue weighted by atomic mass is 16.6. The maximum absolute atomic E-state index is 11.9. The Balaban J connectivity index is 1.86. The van der Waals surface area contributed by atoms with Crippen LogP contribution in [0.4, 0.5) is 0 Å². The minimum Gasteiger partial charge on any atom is -0.454 e. The smallest absolute Gasteiger partial charge is 0.334 e. The molecule has 3 rings (SSSR count). The van der Waals surface area contributed by atoms with Gasteiger partial charge in [0.2, 0.25) is 0 Å². The third kappa shape index (κ3) is 3.53. The summed E-state index contributed by atoms with van der Waals surface area (Å²) < 4.78 is 10.9. The van der Waals surface area contributed by atoms with Crippen molar-refractivity contribution in [1.82, 2.24) is 0 Å². The van der Waals surface area contributed by atoms with E-state index < -0.39 is 0 Å². The molecule has 0 aromatic carbocycles. The molecule has 3 atom stereocenters. The number of fused-ring (bicyclic) bond motifs is 2. The van der Waals surface area contributed by atoms with E-state index in [0.29, 0.717) is 12.0 Å². The molecular weight excluding hydrogens is 304 g/mol. The second-order valence-corrected chi connectivity index (χ2v) is 6.98. The van der Waals surface area contributed by atoms with Crippen LogP contribution in [0, 0.1) is 5.92 Å². The van der Waals surface area contributed by atoms with E-state index in [1.807, 2.05) is 19.1 Å². The van der Waals surface area contributed by atoms with Gasteiger partial charge in [0.25, 0.3) is 0 Å². The maximum Gasteiger partial charge on any atom is 0.334 e. The van der Waals surface area contributed by atoms with E-state index in [0.717, 1.165) is 36.8 Å². The Morgan fingerprint density at radius 3 is 2.62 bits per heavy atom. The van der Waals surface area contributed by atoms with Gasteiger partial charge < -0.3 is 9.47 Å². The molecule has 0 aromatic heterocycles. The number of carbonyl (C=O) groups is 2. The fourth-order valence-corrected chi connectivity index (χ4v) is 3.57. The quantitative estimate of drug-likeness (QED) is 0.386. The number of rotatable bonds is 0. The van der Waals surface area contributed by atoms with E-state index in [1.54, 1.807) is 0 Å². The summed E-state index contributed by atoms with van der Waals surface area (Å²) in [6.07, 6.45) is 9.56. The highest BCUT2D eigenvalue weighted by molar-refractivity contribution is 5.91. The van der Waals surface area contributed by atoms with Crippen molar-refractivity contribution in [3.05, 3.63) is 47.1 Å². The second-order valence-electron chi connectivity index (χ2n) is 6.98. The molecule has 0 unspecified atom stereocenters. The molecule has 1 fully saturated rings. The van der Waals surface area contributed by atoms with Crippen molar-refractivity contribution in [2.75, 3.05) is 0 Å². The molecule has 3 aliphatic rings. The van der Waals surface area contributed by atoms with Crippen molar-refractivity contribution in [3.63, 3.8) is 0 Å². The van der Waals surface area contributed by atoms with E-state index in [9.17, 15) is 9.59 Å². The van der Waals surface area contributed by atoms with Crippen LogP contribution in [-0.4, -0.2) is 24.1 Å². The first kappa shape index (κ1) is 16.7. The van der Waals surface area contributed by atoms with Crippen molar-refractivity contribution in [1.29, 1.82) is 0 Å². The van der Waals surface area contributed by atoms with E-state index in [4.69, 9.17) is 9.47 Å². The predicted octanol–water partition coefficient (Wildman–Crippen LogP) is 3.79. The molecule has 24 heavy (non-hydrogen) atoms. The third-order valence-corrected chi connectivity index (χ3v) is 4.99. The molecule has 0 aromatic rings. The van der Waals surface area contributed by atoms with Gasteiger partial charge >= 0.3 is 11.9 Å². The molecule has 0 radical (unpaired) electrons. The lowest BCUT2D eigenvalue weighted by Crippen LogP contribution is -2.16. The molecule has 2 aliphatic heterocycles. The lowest BCUT2D eigenvalue weighted by atomic mass is 9.89. The number of carbonyl (C=O) groups excluding carboxylic acids is 2. The van der Waals surface area contributed by atoms with Crippen molar-refractivity contribution < 1.29 is 19.1 Å². The first-order valence-electron chi connectivity index (χ1n) is 8.58. The highest BCUT2D eigenvalue weighted by Gasteiger charge is 2.37. The van der Waals surface area contributed by atoms with E-state index >= 15 is 0 Å². The topological polar surface area (TPSA) is 52.6 Å². The molecule has 0 saturated carbocycles. The minimum atomic E-state index is -0.297. The van der Waals surface area contributed by atoms with Crippen LogP contribution >= 0.6 is 0 Å². The summed E-state index contributed by atoms with van der Waals surface area (Å²) in [5.74, 6) is -0.474. The fourth-order valence-electron chi connectivity index (χ4n) is 3.57. The van der Waals surface area contributed by atoms with Gasteiger partial charge in [-0.2, -0.15) is 0 Å². The Labute approximate surface area is 142 Å². The van der Waals surface area contributed by atoms with Crippen molar-refractivity contribution in [2.24, 2.45) is 5.92 Å². The zero-order valence-corrected chi connectivity index (χ0v) is 14.3. The average molecular weight is 328 g/mol. The number of hydrogen-bond acceptors (Lipinski definition) is 4. The highest BCUT2D eigenvalue weighted by Crippen LogP contribution is 2.34. The van der Waals surface area contributed by atoms with E-state index in [1.165, 1.54) is 5.57 Å². The molecule has 1 saturated heterocycles. The monoisotopic (exact) mass is 328 g/mol. The summed E-state index contributed by atoms with van der Waals surface area (Å²) in [4.78, 5) is 23.8.